The van der Waals surface area contributed by atoms with E-state index in [0.717, 1.165) is 22.0 Å². The average molecular weight is 308 g/mol. The Morgan fingerprint density at radius 2 is 2.35 bits per heavy atom. The summed E-state index contributed by atoms with van der Waals surface area (Å²) in [5.74, 6) is 0.751. The molecule has 3 rings (SSSR count). The fourth-order valence-corrected chi connectivity index (χ4v) is 2.90. The van der Waals surface area contributed by atoms with Crippen molar-refractivity contribution in [2.45, 2.75) is 19.6 Å². The highest BCUT2D eigenvalue weighted by Crippen LogP contribution is 2.28. The van der Waals surface area contributed by atoms with Gasteiger partial charge in [0.25, 0.3) is 0 Å². The summed E-state index contributed by atoms with van der Waals surface area (Å²) in [6.45, 7) is 2.32. The quantitative estimate of drug-likeness (QED) is 0.800. The van der Waals surface area contributed by atoms with Crippen molar-refractivity contribution >= 4 is 27.9 Å². The monoisotopic (exact) mass is 307 g/mol. The summed E-state index contributed by atoms with van der Waals surface area (Å²) in [6.07, 6.45) is 3.94. The third-order valence-electron chi connectivity index (χ3n) is 2.98. The normalized spacial score (nSPS) is 12.8. The minimum Gasteiger partial charge on any atom is -0.487 e. The molecule has 4 nitrogen and oxygen atoms in total. The molecule has 0 bridgehead atoms. The van der Waals surface area contributed by atoms with E-state index in [9.17, 15) is 0 Å². The Balaban J connectivity index is 1.79. The largest absolute Gasteiger partial charge is 0.487 e. The van der Waals surface area contributed by atoms with E-state index in [1.165, 1.54) is 0 Å². The van der Waals surface area contributed by atoms with E-state index in [0.29, 0.717) is 11.6 Å². The third-order valence-corrected chi connectivity index (χ3v) is 3.99. The van der Waals surface area contributed by atoms with Crippen LogP contribution in [0.4, 0.5) is 0 Å². The van der Waals surface area contributed by atoms with Crippen molar-refractivity contribution in [3.63, 3.8) is 0 Å². The number of benzene rings is 1. The van der Waals surface area contributed by atoms with Crippen LogP contribution < -0.4 is 10.5 Å². The number of imidazole rings is 1. The van der Waals surface area contributed by atoms with Gasteiger partial charge in [-0.1, -0.05) is 11.6 Å². The highest BCUT2D eigenvalue weighted by Gasteiger charge is 2.10. The van der Waals surface area contributed by atoms with Crippen molar-refractivity contribution in [3.8, 4) is 5.75 Å². The highest BCUT2D eigenvalue weighted by molar-refractivity contribution is 7.15. The van der Waals surface area contributed by atoms with Gasteiger partial charge < -0.3 is 10.5 Å². The maximum Gasteiger partial charge on any atom is 0.193 e. The minimum absolute atomic E-state index is 0.130. The van der Waals surface area contributed by atoms with E-state index in [-0.39, 0.29) is 6.04 Å². The van der Waals surface area contributed by atoms with Gasteiger partial charge in [-0.05, 0) is 25.1 Å². The lowest BCUT2D eigenvalue weighted by Crippen LogP contribution is -2.08. The van der Waals surface area contributed by atoms with Crippen LogP contribution in [0.3, 0.4) is 0 Å². The van der Waals surface area contributed by atoms with Crippen LogP contribution in [0.5, 0.6) is 5.75 Å². The molecule has 0 saturated carbocycles. The van der Waals surface area contributed by atoms with Crippen LogP contribution in [0.15, 0.2) is 36.0 Å². The van der Waals surface area contributed by atoms with Gasteiger partial charge in [0, 0.05) is 34.4 Å². The molecule has 2 heterocycles. The topological polar surface area (TPSA) is 52.5 Å². The standard InChI is InChI=1S/C14H14ClN3OS/c1-9(16)12-6-10(15)2-3-13(12)19-8-11-7-18-4-5-20-14(18)17-11/h2-7,9H,8,16H2,1H3. The van der Waals surface area contributed by atoms with Crippen LogP contribution in [0.2, 0.25) is 5.02 Å². The number of fused-ring (bicyclic) bond motifs is 1. The number of halogens is 1. The number of hydrogen-bond donors (Lipinski definition) is 1. The second-order valence-corrected chi connectivity index (χ2v) is 5.89. The van der Waals surface area contributed by atoms with Crippen molar-refractivity contribution in [1.29, 1.82) is 0 Å². The van der Waals surface area contributed by atoms with E-state index in [4.69, 9.17) is 22.1 Å². The molecule has 6 heteroatoms. The summed E-state index contributed by atoms with van der Waals surface area (Å²) < 4.78 is 7.81. The first kappa shape index (κ1) is 13.4. The highest BCUT2D eigenvalue weighted by atomic mass is 35.5. The SMILES string of the molecule is CC(N)c1cc(Cl)ccc1OCc1cn2ccsc2n1. The van der Waals surface area contributed by atoms with Crippen LogP contribution in [-0.4, -0.2) is 9.38 Å². The van der Waals surface area contributed by atoms with E-state index < -0.39 is 0 Å². The lowest BCUT2D eigenvalue weighted by molar-refractivity contribution is 0.297. The first-order valence-corrected chi connectivity index (χ1v) is 7.48. The maximum absolute atomic E-state index is 5.99. The molecule has 0 aliphatic rings. The van der Waals surface area contributed by atoms with Gasteiger partial charge in [0.05, 0.1) is 5.69 Å². The van der Waals surface area contributed by atoms with Crippen molar-refractivity contribution in [2.75, 3.05) is 0 Å². The Bertz CT molecular complexity index is 706. The number of hydrogen-bond acceptors (Lipinski definition) is 4. The second-order valence-electron chi connectivity index (χ2n) is 4.58. The van der Waals surface area contributed by atoms with Crippen molar-refractivity contribution in [2.24, 2.45) is 5.73 Å². The van der Waals surface area contributed by atoms with Gasteiger partial charge in [-0.2, -0.15) is 0 Å². The van der Waals surface area contributed by atoms with Crippen molar-refractivity contribution in [1.82, 2.24) is 9.38 Å². The lowest BCUT2D eigenvalue weighted by atomic mass is 10.1. The van der Waals surface area contributed by atoms with E-state index in [1.54, 1.807) is 17.4 Å². The molecule has 0 aliphatic heterocycles. The zero-order valence-electron chi connectivity index (χ0n) is 10.9. The molecule has 1 unspecified atom stereocenters. The van der Waals surface area contributed by atoms with Gasteiger partial charge in [-0.3, -0.25) is 4.40 Å². The molecule has 104 valence electrons. The molecular formula is C14H14ClN3OS. The zero-order chi connectivity index (χ0) is 14.1. The molecule has 0 saturated heterocycles. The average Bonchev–Trinajstić information content (AvgIpc) is 2.97. The van der Waals surface area contributed by atoms with Crippen LogP contribution in [-0.2, 0) is 6.61 Å². The Hall–Kier alpha value is -1.56. The predicted octanol–water partition coefficient (Wildman–Crippen LogP) is 3.65. The fraction of sp³-hybridized carbons (Fsp3) is 0.214. The van der Waals surface area contributed by atoms with Crippen LogP contribution >= 0.6 is 22.9 Å². The molecule has 3 aromatic rings. The number of ether oxygens (including phenoxy) is 1. The molecule has 2 aromatic heterocycles. The number of thiazole rings is 1. The summed E-state index contributed by atoms with van der Waals surface area (Å²) in [5.41, 5.74) is 7.73. The smallest absolute Gasteiger partial charge is 0.193 e. The number of nitrogens with zero attached hydrogens (tertiary/aromatic N) is 2. The summed E-state index contributed by atoms with van der Waals surface area (Å²) in [7, 11) is 0. The molecular weight excluding hydrogens is 294 g/mol. The van der Waals surface area contributed by atoms with Crippen molar-refractivity contribution < 1.29 is 4.74 Å². The molecule has 20 heavy (non-hydrogen) atoms. The number of aromatic nitrogens is 2. The maximum atomic E-state index is 5.99. The summed E-state index contributed by atoms with van der Waals surface area (Å²) in [4.78, 5) is 5.44. The van der Waals surface area contributed by atoms with Gasteiger partial charge in [0.1, 0.15) is 12.4 Å². The summed E-state index contributed by atoms with van der Waals surface area (Å²) in [6, 6.07) is 5.36. The molecule has 0 aliphatic carbocycles. The zero-order valence-corrected chi connectivity index (χ0v) is 12.5. The molecule has 0 spiro atoms. The van der Waals surface area contributed by atoms with E-state index in [2.05, 4.69) is 4.98 Å². The molecule has 1 aromatic carbocycles. The van der Waals surface area contributed by atoms with Crippen LogP contribution in [0.1, 0.15) is 24.2 Å². The molecule has 0 fully saturated rings. The Morgan fingerprint density at radius 1 is 1.50 bits per heavy atom. The molecule has 1 atom stereocenters. The fourth-order valence-electron chi connectivity index (χ4n) is 2.00. The second kappa shape index (κ2) is 5.44. The number of rotatable bonds is 4. The van der Waals surface area contributed by atoms with Crippen LogP contribution in [0.25, 0.3) is 4.96 Å². The van der Waals surface area contributed by atoms with Gasteiger partial charge in [0.15, 0.2) is 4.96 Å². The predicted molar refractivity (Wildman–Crippen MR) is 81.5 cm³/mol. The lowest BCUT2D eigenvalue weighted by Gasteiger charge is -2.13. The summed E-state index contributed by atoms with van der Waals surface area (Å²) >= 11 is 7.59. The van der Waals surface area contributed by atoms with Crippen LogP contribution in [0, 0.1) is 0 Å². The van der Waals surface area contributed by atoms with Gasteiger partial charge in [0.2, 0.25) is 0 Å². The van der Waals surface area contributed by atoms with Gasteiger partial charge in [-0.15, -0.1) is 11.3 Å². The van der Waals surface area contributed by atoms with Gasteiger partial charge >= 0.3 is 0 Å². The van der Waals surface area contributed by atoms with Crippen molar-refractivity contribution in [3.05, 3.63) is 52.3 Å². The Morgan fingerprint density at radius 3 is 3.10 bits per heavy atom. The first-order chi connectivity index (χ1) is 9.63. The molecule has 2 N–H and O–H groups in total. The van der Waals surface area contributed by atoms with Gasteiger partial charge in [-0.25, -0.2) is 4.98 Å². The summed E-state index contributed by atoms with van der Waals surface area (Å²) in [5, 5.41) is 2.66. The Kier molecular flexibility index (Phi) is 3.65. The molecule has 0 radical (unpaired) electrons. The third kappa shape index (κ3) is 2.65. The Labute approximate surface area is 125 Å². The first-order valence-electron chi connectivity index (χ1n) is 6.22. The minimum atomic E-state index is -0.130. The van der Waals surface area contributed by atoms with E-state index in [1.807, 2.05) is 41.2 Å². The molecule has 0 amide bonds. The number of nitrogens with two attached hydrogens (primary N) is 1. The van der Waals surface area contributed by atoms with E-state index >= 15 is 0 Å².